The molecule has 0 bridgehead atoms. The molecule has 108 valence electrons. The topological polar surface area (TPSA) is 46.5 Å². The van der Waals surface area contributed by atoms with Crippen LogP contribution in [0.2, 0.25) is 0 Å². The molecule has 3 nitrogen and oxygen atoms in total. The van der Waals surface area contributed by atoms with Crippen LogP contribution in [0, 0.1) is 0 Å². The second-order valence-electron chi connectivity index (χ2n) is 4.73. The van der Waals surface area contributed by atoms with Gasteiger partial charge in [-0.2, -0.15) is 0 Å². The van der Waals surface area contributed by atoms with Crippen molar-refractivity contribution in [2.24, 2.45) is 0 Å². The van der Waals surface area contributed by atoms with E-state index < -0.39 is 12.1 Å². The Kier molecular flexibility index (Phi) is 5.29. The van der Waals surface area contributed by atoms with Gasteiger partial charge in [-0.05, 0) is 11.1 Å². The highest BCUT2D eigenvalue weighted by atomic mass is 16.5. The Balaban J connectivity index is 2.14. The molecular weight excluding hydrogens is 264 g/mol. The van der Waals surface area contributed by atoms with Crippen LogP contribution in [0.5, 0.6) is 0 Å². The number of carboxylic acids is 1. The van der Waals surface area contributed by atoms with Crippen molar-refractivity contribution in [2.45, 2.75) is 18.6 Å². The predicted molar refractivity (Wildman–Crippen MR) is 82.0 cm³/mol. The van der Waals surface area contributed by atoms with E-state index in [1.54, 1.807) is 6.08 Å². The Morgan fingerprint density at radius 3 is 2.19 bits per heavy atom. The molecule has 21 heavy (non-hydrogen) atoms. The molecule has 0 aromatic heterocycles. The summed E-state index contributed by atoms with van der Waals surface area (Å²) in [6.07, 6.45) is 0.671. The first kappa shape index (κ1) is 15.0. The van der Waals surface area contributed by atoms with Gasteiger partial charge >= 0.3 is 5.97 Å². The van der Waals surface area contributed by atoms with Crippen molar-refractivity contribution in [3.63, 3.8) is 0 Å². The van der Waals surface area contributed by atoms with Crippen LogP contribution >= 0.6 is 0 Å². The van der Waals surface area contributed by atoms with E-state index in [1.165, 1.54) is 0 Å². The van der Waals surface area contributed by atoms with E-state index in [0.717, 1.165) is 11.1 Å². The summed E-state index contributed by atoms with van der Waals surface area (Å²) in [5.74, 6) is -1.37. The van der Waals surface area contributed by atoms with E-state index in [1.807, 2.05) is 60.7 Å². The van der Waals surface area contributed by atoms with Crippen molar-refractivity contribution in [1.29, 1.82) is 0 Å². The van der Waals surface area contributed by atoms with E-state index in [0.29, 0.717) is 0 Å². The van der Waals surface area contributed by atoms with Crippen LogP contribution in [0.1, 0.15) is 17.0 Å². The third-order valence-corrected chi connectivity index (χ3v) is 3.28. The fraction of sp³-hybridized carbons (Fsp3) is 0.167. The summed E-state index contributed by atoms with van der Waals surface area (Å²) < 4.78 is 5.63. The molecule has 3 heteroatoms. The zero-order valence-corrected chi connectivity index (χ0v) is 11.7. The molecule has 0 aliphatic heterocycles. The second-order valence-corrected chi connectivity index (χ2v) is 4.73. The van der Waals surface area contributed by atoms with E-state index >= 15 is 0 Å². The van der Waals surface area contributed by atoms with Gasteiger partial charge in [0.2, 0.25) is 0 Å². The van der Waals surface area contributed by atoms with Gasteiger partial charge in [-0.3, -0.25) is 0 Å². The Morgan fingerprint density at radius 2 is 1.67 bits per heavy atom. The Bertz CT molecular complexity index is 578. The molecule has 0 saturated heterocycles. The minimum atomic E-state index is -0.986. The lowest BCUT2D eigenvalue weighted by molar-refractivity contribution is -0.152. The van der Waals surface area contributed by atoms with Crippen LogP contribution in [0.25, 0.3) is 0 Å². The van der Waals surface area contributed by atoms with Crippen LogP contribution in [0.4, 0.5) is 0 Å². The van der Waals surface area contributed by atoms with Gasteiger partial charge < -0.3 is 9.84 Å². The molecule has 0 unspecified atom stereocenters. The summed E-state index contributed by atoms with van der Waals surface area (Å²) in [5, 5.41) is 9.44. The molecule has 0 aliphatic rings. The summed E-state index contributed by atoms with van der Waals surface area (Å²) in [7, 11) is 0. The summed E-state index contributed by atoms with van der Waals surface area (Å²) in [6.45, 7) is 4.01. The number of benzene rings is 2. The van der Waals surface area contributed by atoms with Gasteiger partial charge in [0.1, 0.15) is 0 Å². The molecule has 0 saturated carbocycles. The highest BCUT2D eigenvalue weighted by Gasteiger charge is 2.28. The minimum Gasteiger partial charge on any atom is -0.479 e. The van der Waals surface area contributed by atoms with Crippen molar-refractivity contribution < 1.29 is 14.6 Å². The van der Waals surface area contributed by atoms with Crippen LogP contribution in [0.3, 0.4) is 0 Å². The summed E-state index contributed by atoms with van der Waals surface area (Å²) in [6, 6.07) is 18.9. The maximum atomic E-state index is 11.5. The highest BCUT2D eigenvalue weighted by molar-refractivity contribution is 5.74. The largest absolute Gasteiger partial charge is 0.479 e. The Labute approximate surface area is 124 Å². The molecule has 2 atom stereocenters. The Morgan fingerprint density at radius 1 is 1.10 bits per heavy atom. The van der Waals surface area contributed by atoms with Crippen molar-refractivity contribution >= 4 is 5.97 Å². The van der Waals surface area contributed by atoms with Gasteiger partial charge in [0.25, 0.3) is 0 Å². The normalized spacial score (nSPS) is 13.3. The standard InChI is InChI=1S/C18H18O3/c1-2-16(15-11-7-4-8-12-15)17(18(19)20)21-13-14-9-5-3-6-10-14/h2-12,16-17H,1,13H2,(H,19,20)/t16-,17-/m0/s1. The predicted octanol–water partition coefficient (Wildman–Crippen LogP) is 3.63. The molecule has 2 aromatic rings. The maximum Gasteiger partial charge on any atom is 0.333 e. The quantitative estimate of drug-likeness (QED) is 0.789. The van der Waals surface area contributed by atoms with E-state index in [4.69, 9.17) is 4.74 Å². The number of hydrogen-bond acceptors (Lipinski definition) is 2. The van der Waals surface area contributed by atoms with Gasteiger partial charge in [0.15, 0.2) is 6.10 Å². The lowest BCUT2D eigenvalue weighted by Gasteiger charge is -2.22. The molecule has 0 radical (unpaired) electrons. The molecule has 0 fully saturated rings. The summed E-state index contributed by atoms with van der Waals surface area (Å²) in [4.78, 5) is 11.5. The number of rotatable bonds is 7. The Hall–Kier alpha value is -2.39. The van der Waals surface area contributed by atoms with Gasteiger partial charge in [-0.1, -0.05) is 66.7 Å². The maximum absolute atomic E-state index is 11.5. The molecule has 2 rings (SSSR count). The lowest BCUT2D eigenvalue weighted by Crippen LogP contribution is -2.30. The average Bonchev–Trinajstić information content (AvgIpc) is 2.53. The van der Waals surface area contributed by atoms with E-state index in [-0.39, 0.29) is 12.5 Å². The molecule has 1 N–H and O–H groups in total. The smallest absolute Gasteiger partial charge is 0.333 e. The first-order valence-electron chi connectivity index (χ1n) is 6.78. The fourth-order valence-electron chi connectivity index (χ4n) is 2.20. The number of carboxylic acid groups (broad SMARTS) is 1. The van der Waals surface area contributed by atoms with Crippen molar-refractivity contribution in [1.82, 2.24) is 0 Å². The van der Waals surface area contributed by atoms with E-state index in [2.05, 4.69) is 6.58 Å². The third kappa shape index (κ3) is 4.04. The number of hydrogen-bond donors (Lipinski definition) is 1. The van der Waals surface area contributed by atoms with Gasteiger partial charge in [-0.15, -0.1) is 6.58 Å². The zero-order chi connectivity index (χ0) is 15.1. The third-order valence-electron chi connectivity index (χ3n) is 3.28. The van der Waals surface area contributed by atoms with Crippen molar-refractivity contribution in [3.8, 4) is 0 Å². The molecule has 0 aliphatic carbocycles. The fourth-order valence-corrected chi connectivity index (χ4v) is 2.20. The van der Waals surface area contributed by atoms with Crippen LogP contribution < -0.4 is 0 Å². The average molecular weight is 282 g/mol. The van der Waals surface area contributed by atoms with Crippen molar-refractivity contribution in [3.05, 3.63) is 84.4 Å². The summed E-state index contributed by atoms with van der Waals surface area (Å²) >= 11 is 0. The lowest BCUT2D eigenvalue weighted by atomic mass is 9.93. The van der Waals surface area contributed by atoms with Gasteiger partial charge in [0, 0.05) is 5.92 Å². The van der Waals surface area contributed by atoms with E-state index in [9.17, 15) is 9.90 Å². The number of ether oxygens (including phenoxy) is 1. The minimum absolute atomic E-state index is 0.259. The molecule has 0 spiro atoms. The van der Waals surface area contributed by atoms with Gasteiger partial charge in [-0.25, -0.2) is 4.79 Å². The second kappa shape index (κ2) is 7.41. The van der Waals surface area contributed by atoms with Crippen LogP contribution in [-0.4, -0.2) is 17.2 Å². The van der Waals surface area contributed by atoms with Gasteiger partial charge in [0.05, 0.1) is 6.61 Å². The molecular formula is C18H18O3. The number of carbonyl (C=O) groups is 1. The molecule has 0 amide bonds. The highest BCUT2D eigenvalue weighted by Crippen LogP contribution is 2.24. The van der Waals surface area contributed by atoms with Crippen LogP contribution in [-0.2, 0) is 16.1 Å². The first-order valence-corrected chi connectivity index (χ1v) is 6.78. The summed E-state index contributed by atoms with van der Waals surface area (Å²) in [5.41, 5.74) is 1.83. The molecule has 2 aromatic carbocycles. The van der Waals surface area contributed by atoms with Crippen molar-refractivity contribution in [2.75, 3.05) is 0 Å². The monoisotopic (exact) mass is 282 g/mol. The zero-order valence-electron chi connectivity index (χ0n) is 11.7. The first-order chi connectivity index (χ1) is 10.2. The molecule has 0 heterocycles. The SMILES string of the molecule is C=C[C@@H](c1ccccc1)[C@H](OCc1ccccc1)C(=O)O. The van der Waals surface area contributed by atoms with Crippen LogP contribution in [0.15, 0.2) is 73.3 Å². The number of aliphatic carboxylic acids is 1.